The first-order valence-electron chi connectivity index (χ1n) is 10.1. The summed E-state index contributed by atoms with van der Waals surface area (Å²) in [5, 5.41) is 9.15. The van der Waals surface area contributed by atoms with Crippen LogP contribution in [0.1, 0.15) is 16.7 Å². The molecule has 5 nitrogen and oxygen atoms in total. The fourth-order valence-electron chi connectivity index (χ4n) is 3.23. The van der Waals surface area contributed by atoms with Crippen LogP contribution >= 0.6 is 23.4 Å². The van der Waals surface area contributed by atoms with E-state index in [4.69, 9.17) is 11.6 Å². The lowest BCUT2D eigenvalue weighted by Crippen LogP contribution is -2.27. The minimum atomic E-state index is -0.0170. The molecule has 0 aliphatic heterocycles. The van der Waals surface area contributed by atoms with Crippen LogP contribution in [0, 0.1) is 13.8 Å². The molecule has 0 atom stereocenters. The van der Waals surface area contributed by atoms with Crippen molar-refractivity contribution >= 4 is 34.8 Å². The van der Waals surface area contributed by atoms with Crippen molar-refractivity contribution in [2.45, 2.75) is 25.3 Å². The van der Waals surface area contributed by atoms with Crippen LogP contribution in [0.25, 0.3) is 16.8 Å². The number of aromatic nitrogens is 3. The summed E-state index contributed by atoms with van der Waals surface area (Å²) in [6, 6.07) is 16.0. The number of rotatable bonds is 7. The standard InChI is InChI=1S/C24H23ClN4OS/c1-16-3-6-19(13-17(16)2)21-14-22-24(27-11-12-29(22)28-21)31-15-23(30)26-10-9-18-4-7-20(25)8-5-18/h3-8,11-14H,9-10,15H2,1-2H3,(H,26,30). The van der Waals surface area contributed by atoms with E-state index in [1.165, 1.54) is 22.9 Å². The zero-order chi connectivity index (χ0) is 21.8. The Labute approximate surface area is 190 Å². The third-order valence-corrected chi connectivity index (χ3v) is 6.39. The van der Waals surface area contributed by atoms with Gasteiger partial charge in [-0.2, -0.15) is 5.10 Å². The van der Waals surface area contributed by atoms with E-state index in [1.807, 2.05) is 41.0 Å². The third-order valence-electron chi connectivity index (χ3n) is 5.15. The van der Waals surface area contributed by atoms with Crippen molar-refractivity contribution in [2.24, 2.45) is 0 Å². The quantitative estimate of drug-likeness (QED) is 0.397. The summed E-state index contributed by atoms with van der Waals surface area (Å²) in [5.41, 5.74) is 6.50. The number of carbonyl (C=O) groups is 1. The summed E-state index contributed by atoms with van der Waals surface area (Å²) in [5.74, 6) is 0.286. The van der Waals surface area contributed by atoms with E-state index < -0.39 is 0 Å². The molecule has 0 bridgehead atoms. The lowest BCUT2D eigenvalue weighted by Gasteiger charge is -2.06. The molecule has 2 aromatic carbocycles. The minimum absolute atomic E-state index is 0.0170. The molecule has 1 N–H and O–H groups in total. The van der Waals surface area contributed by atoms with Gasteiger partial charge in [0.25, 0.3) is 0 Å². The van der Waals surface area contributed by atoms with Gasteiger partial charge in [0.1, 0.15) is 5.03 Å². The predicted molar refractivity (Wildman–Crippen MR) is 127 cm³/mol. The molecule has 158 valence electrons. The number of halogens is 1. The largest absolute Gasteiger partial charge is 0.355 e. The average Bonchev–Trinajstić information content (AvgIpc) is 3.20. The van der Waals surface area contributed by atoms with Gasteiger partial charge < -0.3 is 5.32 Å². The Morgan fingerprint density at radius 2 is 1.90 bits per heavy atom. The van der Waals surface area contributed by atoms with Gasteiger partial charge in [0, 0.05) is 29.5 Å². The lowest BCUT2D eigenvalue weighted by molar-refractivity contribution is -0.118. The van der Waals surface area contributed by atoms with Crippen LogP contribution in [0.3, 0.4) is 0 Å². The monoisotopic (exact) mass is 450 g/mol. The van der Waals surface area contributed by atoms with E-state index >= 15 is 0 Å². The number of hydrogen-bond acceptors (Lipinski definition) is 4. The Morgan fingerprint density at radius 3 is 2.68 bits per heavy atom. The Morgan fingerprint density at radius 1 is 1.10 bits per heavy atom. The molecule has 31 heavy (non-hydrogen) atoms. The molecule has 0 saturated carbocycles. The fraction of sp³-hybridized carbons (Fsp3) is 0.208. The van der Waals surface area contributed by atoms with Crippen LogP contribution in [0.15, 0.2) is 66.0 Å². The van der Waals surface area contributed by atoms with Crippen molar-refractivity contribution in [2.75, 3.05) is 12.3 Å². The Hall–Kier alpha value is -2.83. The number of fused-ring (bicyclic) bond motifs is 1. The number of benzene rings is 2. The molecule has 0 unspecified atom stereocenters. The maximum Gasteiger partial charge on any atom is 0.230 e. The van der Waals surface area contributed by atoms with Gasteiger partial charge in [0.05, 0.1) is 17.0 Å². The normalized spacial score (nSPS) is 11.1. The summed E-state index contributed by atoms with van der Waals surface area (Å²) >= 11 is 7.32. The van der Waals surface area contributed by atoms with Gasteiger partial charge >= 0.3 is 0 Å². The van der Waals surface area contributed by atoms with Crippen LogP contribution in [0.4, 0.5) is 0 Å². The second-order valence-electron chi connectivity index (χ2n) is 7.41. The third kappa shape index (κ3) is 5.27. The molecule has 7 heteroatoms. The molecular weight excluding hydrogens is 428 g/mol. The molecular formula is C24H23ClN4OS. The molecule has 0 fully saturated rings. The van der Waals surface area contributed by atoms with Gasteiger partial charge in [-0.3, -0.25) is 4.79 Å². The van der Waals surface area contributed by atoms with E-state index in [9.17, 15) is 4.79 Å². The molecule has 0 radical (unpaired) electrons. The number of hydrogen-bond donors (Lipinski definition) is 1. The van der Waals surface area contributed by atoms with Crippen molar-refractivity contribution in [3.63, 3.8) is 0 Å². The summed E-state index contributed by atoms with van der Waals surface area (Å²) in [7, 11) is 0. The van der Waals surface area contributed by atoms with Crippen LogP contribution in [-0.4, -0.2) is 32.8 Å². The first-order chi connectivity index (χ1) is 15.0. The fourth-order valence-corrected chi connectivity index (χ4v) is 4.17. The van der Waals surface area contributed by atoms with Gasteiger partial charge in [-0.25, -0.2) is 9.50 Å². The van der Waals surface area contributed by atoms with Gasteiger partial charge in [0.15, 0.2) is 0 Å². The Kier molecular flexibility index (Phi) is 6.59. The summed E-state index contributed by atoms with van der Waals surface area (Å²) in [6.07, 6.45) is 4.31. The second kappa shape index (κ2) is 9.54. The highest BCUT2D eigenvalue weighted by atomic mass is 35.5. The van der Waals surface area contributed by atoms with Crippen molar-refractivity contribution in [1.82, 2.24) is 19.9 Å². The highest BCUT2D eigenvalue weighted by molar-refractivity contribution is 8.00. The molecule has 2 heterocycles. The van der Waals surface area contributed by atoms with Gasteiger partial charge in [-0.05, 0) is 61.2 Å². The maximum atomic E-state index is 12.3. The second-order valence-corrected chi connectivity index (χ2v) is 8.81. The molecule has 0 aliphatic carbocycles. The molecule has 1 amide bonds. The van der Waals surface area contributed by atoms with Crippen LogP contribution in [0.2, 0.25) is 5.02 Å². The SMILES string of the molecule is Cc1ccc(-c2cc3c(SCC(=O)NCCc4ccc(Cl)cc4)nccn3n2)cc1C. The zero-order valence-electron chi connectivity index (χ0n) is 17.4. The summed E-state index contributed by atoms with van der Waals surface area (Å²) in [6.45, 7) is 4.78. The number of thioether (sulfide) groups is 1. The number of aryl methyl sites for hydroxylation is 2. The number of nitrogens with zero attached hydrogens (tertiary/aromatic N) is 3. The first kappa shape index (κ1) is 21.4. The molecule has 4 aromatic rings. The highest BCUT2D eigenvalue weighted by Crippen LogP contribution is 2.27. The van der Waals surface area contributed by atoms with Gasteiger partial charge in [0.2, 0.25) is 5.91 Å². The summed E-state index contributed by atoms with van der Waals surface area (Å²) in [4.78, 5) is 16.8. The van der Waals surface area contributed by atoms with Crippen molar-refractivity contribution < 1.29 is 4.79 Å². The molecule has 0 spiro atoms. The van der Waals surface area contributed by atoms with Crippen LogP contribution in [0.5, 0.6) is 0 Å². The smallest absolute Gasteiger partial charge is 0.230 e. The van der Waals surface area contributed by atoms with Crippen molar-refractivity contribution in [3.05, 3.63) is 82.6 Å². The lowest BCUT2D eigenvalue weighted by atomic mass is 10.0. The van der Waals surface area contributed by atoms with Gasteiger partial charge in [-0.1, -0.05) is 47.6 Å². The topological polar surface area (TPSA) is 59.3 Å². The minimum Gasteiger partial charge on any atom is -0.355 e. The number of nitrogens with one attached hydrogen (secondary N) is 1. The molecule has 4 rings (SSSR count). The van der Waals surface area contributed by atoms with Crippen LogP contribution in [-0.2, 0) is 11.2 Å². The number of carbonyl (C=O) groups excluding carboxylic acids is 1. The first-order valence-corrected chi connectivity index (χ1v) is 11.4. The van der Waals surface area contributed by atoms with E-state index in [2.05, 4.69) is 47.4 Å². The molecule has 2 aromatic heterocycles. The van der Waals surface area contributed by atoms with Crippen molar-refractivity contribution in [1.29, 1.82) is 0 Å². The van der Waals surface area contributed by atoms with E-state index in [0.29, 0.717) is 17.3 Å². The molecule has 0 aliphatic rings. The highest BCUT2D eigenvalue weighted by Gasteiger charge is 2.12. The Bertz CT molecular complexity index is 1220. The Balaban J connectivity index is 1.39. The average molecular weight is 451 g/mol. The maximum absolute atomic E-state index is 12.3. The van der Waals surface area contributed by atoms with Crippen molar-refractivity contribution in [3.8, 4) is 11.3 Å². The van der Waals surface area contributed by atoms with E-state index in [0.717, 1.165) is 33.8 Å². The van der Waals surface area contributed by atoms with E-state index in [-0.39, 0.29) is 5.91 Å². The van der Waals surface area contributed by atoms with Crippen LogP contribution < -0.4 is 5.32 Å². The summed E-state index contributed by atoms with van der Waals surface area (Å²) < 4.78 is 1.82. The number of amides is 1. The molecule has 0 saturated heterocycles. The zero-order valence-corrected chi connectivity index (χ0v) is 19.0. The van der Waals surface area contributed by atoms with Gasteiger partial charge in [-0.15, -0.1) is 0 Å². The van der Waals surface area contributed by atoms with E-state index in [1.54, 1.807) is 6.20 Å². The predicted octanol–water partition coefficient (Wildman–Crippen LogP) is 5.12.